The maximum Gasteiger partial charge on any atom is 0.302 e. The van der Waals surface area contributed by atoms with Crippen molar-refractivity contribution >= 4 is 34.0 Å². The van der Waals surface area contributed by atoms with Crippen molar-refractivity contribution in [3.8, 4) is 0 Å². The van der Waals surface area contributed by atoms with Crippen LogP contribution in [0.1, 0.15) is 16.1 Å². The summed E-state index contributed by atoms with van der Waals surface area (Å²) in [6.45, 7) is -0.0355. The van der Waals surface area contributed by atoms with Gasteiger partial charge in [0.1, 0.15) is 12.0 Å². The maximum absolute atomic E-state index is 14.2. The van der Waals surface area contributed by atoms with Gasteiger partial charge in [0.25, 0.3) is 0 Å². The molecular weight excluding hydrogens is 411 g/mol. The number of nitrogens with zero attached hydrogens (tertiary/aromatic N) is 4. The minimum Gasteiger partial charge on any atom is -0.711 e. The number of amides is 1. The first-order valence-corrected chi connectivity index (χ1v) is 9.34. The summed E-state index contributed by atoms with van der Waals surface area (Å²) in [5.41, 5.74) is 1.06. The third-order valence-corrected chi connectivity index (χ3v) is 5.00. The van der Waals surface area contributed by atoms with Crippen LogP contribution in [0.25, 0.3) is 10.8 Å². The molecule has 0 atom stereocenters. The highest BCUT2D eigenvalue weighted by molar-refractivity contribution is 6.31. The zero-order valence-corrected chi connectivity index (χ0v) is 16.6. The Morgan fingerprint density at radius 1 is 1.10 bits per heavy atom. The van der Waals surface area contributed by atoms with E-state index in [4.69, 9.17) is 11.6 Å². The lowest BCUT2D eigenvalue weighted by Crippen LogP contribution is -2.34. The van der Waals surface area contributed by atoms with E-state index in [1.165, 1.54) is 28.1 Å². The first-order chi connectivity index (χ1) is 14.3. The molecule has 0 saturated carbocycles. The lowest BCUT2D eigenvalue weighted by molar-refractivity contribution is -0.604. The molecule has 0 bridgehead atoms. The Labute approximate surface area is 175 Å². The van der Waals surface area contributed by atoms with E-state index < -0.39 is 11.7 Å². The van der Waals surface area contributed by atoms with Gasteiger partial charge in [-0.2, -0.15) is 4.73 Å². The molecule has 7 nitrogen and oxygen atoms in total. The van der Waals surface area contributed by atoms with Crippen molar-refractivity contribution in [1.29, 1.82) is 0 Å². The third-order valence-electron chi connectivity index (χ3n) is 4.77. The van der Waals surface area contributed by atoms with Crippen molar-refractivity contribution in [2.45, 2.75) is 6.54 Å². The van der Waals surface area contributed by atoms with Gasteiger partial charge in [0.15, 0.2) is 12.4 Å². The lowest BCUT2D eigenvalue weighted by atomic mass is 10.1. The molecule has 0 N–H and O–H groups in total. The van der Waals surface area contributed by atoms with Crippen LogP contribution >= 0.6 is 11.6 Å². The van der Waals surface area contributed by atoms with Crippen molar-refractivity contribution < 1.29 is 18.6 Å². The number of hydrogen-bond donors (Lipinski definition) is 0. The van der Waals surface area contributed by atoms with E-state index in [1.54, 1.807) is 43.4 Å². The number of aryl methyl sites for hydroxylation is 1. The van der Waals surface area contributed by atoms with E-state index in [2.05, 4.69) is 0 Å². The van der Waals surface area contributed by atoms with Gasteiger partial charge in [-0.1, -0.05) is 29.8 Å². The molecule has 0 saturated heterocycles. The smallest absolute Gasteiger partial charge is 0.302 e. The molecule has 0 aliphatic heterocycles. The second-order valence-electron chi connectivity index (χ2n) is 6.82. The topological polar surface area (TPSA) is 79.1 Å². The van der Waals surface area contributed by atoms with Crippen LogP contribution in [0.4, 0.5) is 10.1 Å². The summed E-state index contributed by atoms with van der Waals surface area (Å²) in [6, 6.07) is 11.1. The quantitative estimate of drug-likeness (QED) is 0.371. The fourth-order valence-electron chi connectivity index (χ4n) is 3.38. The van der Waals surface area contributed by atoms with Crippen molar-refractivity contribution in [2.24, 2.45) is 7.05 Å². The number of halogens is 2. The molecule has 0 aliphatic carbocycles. The highest BCUT2D eigenvalue weighted by Crippen LogP contribution is 2.26. The molecule has 4 rings (SSSR count). The monoisotopic (exact) mass is 426 g/mol. The van der Waals surface area contributed by atoms with Crippen LogP contribution in [0.3, 0.4) is 0 Å². The van der Waals surface area contributed by atoms with E-state index in [0.29, 0.717) is 31.1 Å². The number of carbonyl (C=O) groups is 1. The highest BCUT2D eigenvalue weighted by Gasteiger charge is 2.26. The predicted molar refractivity (Wildman–Crippen MR) is 109 cm³/mol. The van der Waals surface area contributed by atoms with Crippen LogP contribution in [-0.2, 0) is 13.6 Å². The van der Waals surface area contributed by atoms with Gasteiger partial charge in [-0.05, 0) is 24.3 Å². The van der Waals surface area contributed by atoms with Gasteiger partial charge >= 0.3 is 5.91 Å². The largest absolute Gasteiger partial charge is 0.711 e. The number of carbonyl (C=O) groups excluding carboxylic acids is 1. The second-order valence-corrected chi connectivity index (χ2v) is 7.25. The second kappa shape index (κ2) is 7.64. The summed E-state index contributed by atoms with van der Waals surface area (Å²) in [7, 11) is 1.58. The standard InChI is InChI=1S/C21H16ClFN4O3/c1-24-13-26(30)12-20(24)21(28)27(16-5-2-4-15(22)8-16)10-14-9-25(29)11-18-17(14)6-3-7-19(18)23/h2-9,11-13H,10H2,1H3. The first kappa shape index (κ1) is 19.7. The molecule has 152 valence electrons. The Kier molecular flexibility index (Phi) is 5.01. The fourth-order valence-corrected chi connectivity index (χ4v) is 3.56. The summed E-state index contributed by atoms with van der Waals surface area (Å²) < 4.78 is 16.7. The number of aromatic nitrogens is 3. The molecule has 0 fully saturated rings. The SMILES string of the molecule is Cn1c[n+]([O-])cc1C(=O)N(Cc1c[n+]([O-])cc2c(F)cccc12)c1cccc(Cl)c1. The number of fused-ring (bicyclic) bond motifs is 1. The lowest BCUT2D eigenvalue weighted by Gasteiger charge is -2.22. The van der Waals surface area contributed by atoms with Crippen molar-refractivity contribution in [2.75, 3.05) is 4.90 Å². The van der Waals surface area contributed by atoms with E-state index in [0.717, 1.165) is 12.4 Å². The summed E-state index contributed by atoms with van der Waals surface area (Å²) in [4.78, 5) is 14.7. The average molecular weight is 427 g/mol. The Hall–Kier alpha value is -3.65. The van der Waals surface area contributed by atoms with Crippen molar-refractivity contribution in [3.05, 3.63) is 99.9 Å². The molecule has 4 aromatic rings. The summed E-state index contributed by atoms with van der Waals surface area (Å²) >= 11 is 6.12. The third kappa shape index (κ3) is 3.65. The summed E-state index contributed by atoms with van der Waals surface area (Å²) in [6.07, 6.45) is 4.83. The maximum atomic E-state index is 14.2. The molecule has 1 amide bonds. The number of benzene rings is 2. The van der Waals surface area contributed by atoms with Crippen LogP contribution in [0.5, 0.6) is 0 Å². The van der Waals surface area contributed by atoms with Crippen LogP contribution in [0.2, 0.25) is 5.02 Å². The van der Waals surface area contributed by atoms with Crippen LogP contribution in [0, 0.1) is 16.2 Å². The Morgan fingerprint density at radius 2 is 1.87 bits per heavy atom. The Morgan fingerprint density at radius 3 is 2.57 bits per heavy atom. The zero-order valence-electron chi connectivity index (χ0n) is 15.8. The molecular formula is C21H16ClFN4O3. The average Bonchev–Trinajstić information content (AvgIpc) is 3.04. The molecule has 30 heavy (non-hydrogen) atoms. The molecule has 0 spiro atoms. The number of hydrogen-bond acceptors (Lipinski definition) is 3. The van der Waals surface area contributed by atoms with Crippen LogP contribution in [0.15, 0.2) is 67.4 Å². The molecule has 9 heteroatoms. The van der Waals surface area contributed by atoms with Gasteiger partial charge in [0, 0.05) is 21.7 Å². The predicted octanol–water partition coefficient (Wildman–Crippen LogP) is 3.08. The van der Waals surface area contributed by atoms with Gasteiger partial charge in [0.05, 0.1) is 19.0 Å². The zero-order chi connectivity index (χ0) is 21.4. The molecule has 2 aromatic heterocycles. The number of anilines is 1. The van der Waals surface area contributed by atoms with E-state index >= 15 is 0 Å². The Balaban J connectivity index is 1.86. The molecule has 0 unspecified atom stereocenters. The van der Waals surface area contributed by atoms with E-state index in [9.17, 15) is 19.6 Å². The summed E-state index contributed by atoms with van der Waals surface area (Å²) in [5, 5.41) is 24.8. The van der Waals surface area contributed by atoms with Crippen molar-refractivity contribution in [3.63, 3.8) is 0 Å². The van der Waals surface area contributed by atoms with Gasteiger partial charge in [-0.15, -0.1) is 0 Å². The fraction of sp³-hybridized carbons (Fsp3) is 0.0952. The Bertz CT molecular complexity index is 1270. The molecule has 2 heterocycles. The van der Waals surface area contributed by atoms with Gasteiger partial charge in [-0.3, -0.25) is 4.79 Å². The van der Waals surface area contributed by atoms with Gasteiger partial charge in [0.2, 0.25) is 12.0 Å². The highest BCUT2D eigenvalue weighted by atomic mass is 35.5. The number of pyridine rings is 1. The van der Waals surface area contributed by atoms with Gasteiger partial charge < -0.3 is 15.3 Å². The van der Waals surface area contributed by atoms with Crippen LogP contribution < -0.4 is 14.4 Å². The number of rotatable bonds is 4. The minimum absolute atomic E-state index is 0.0355. The number of imidazole rings is 1. The minimum atomic E-state index is -0.533. The first-order valence-electron chi connectivity index (χ1n) is 8.96. The molecule has 0 aliphatic rings. The van der Waals surface area contributed by atoms with E-state index in [-0.39, 0.29) is 17.6 Å². The van der Waals surface area contributed by atoms with Gasteiger partial charge in [-0.25, -0.2) is 13.7 Å². The molecule has 2 aromatic carbocycles. The molecule has 0 radical (unpaired) electrons. The summed E-state index contributed by atoms with van der Waals surface area (Å²) in [5.74, 6) is -1.00. The van der Waals surface area contributed by atoms with E-state index in [1.807, 2.05) is 0 Å². The normalized spacial score (nSPS) is 11.0. The van der Waals surface area contributed by atoms with Crippen LogP contribution in [-0.4, -0.2) is 10.5 Å². The van der Waals surface area contributed by atoms with Crippen molar-refractivity contribution in [1.82, 2.24) is 4.57 Å².